The predicted molar refractivity (Wildman–Crippen MR) is 46.2 cm³/mol. The van der Waals surface area contributed by atoms with Crippen molar-refractivity contribution in [2.45, 2.75) is 25.7 Å². The summed E-state index contributed by atoms with van der Waals surface area (Å²) in [7, 11) is 0. The lowest BCUT2D eigenvalue weighted by atomic mass is 9.67. The molecule has 0 saturated heterocycles. The number of hydrogen-bond acceptors (Lipinski definition) is 2. The molecule has 0 heterocycles. The van der Waals surface area contributed by atoms with E-state index in [2.05, 4.69) is 0 Å². The molecule has 70 valence electrons. The van der Waals surface area contributed by atoms with Gasteiger partial charge in [-0.3, -0.25) is 4.79 Å². The molecule has 0 radical (unpaired) electrons. The zero-order valence-corrected chi connectivity index (χ0v) is 7.25. The first-order chi connectivity index (χ1) is 6.59. The first-order valence-corrected chi connectivity index (χ1v) is 4.55. The average molecular weight is 181 g/mol. The molecule has 0 aromatic rings. The van der Waals surface area contributed by atoms with Gasteiger partial charge in [0.05, 0.1) is 1.37 Å². The molecule has 3 nitrogen and oxygen atoms in total. The molecule has 2 atom stereocenters. The van der Waals surface area contributed by atoms with Crippen LogP contribution in [0.5, 0.6) is 0 Å². The number of carbonyl (C=O) groups is 2. The lowest BCUT2D eigenvalue weighted by molar-refractivity contribution is -0.131. The molecule has 3 aliphatic rings. The summed E-state index contributed by atoms with van der Waals surface area (Å²) in [4.78, 5) is 22.1. The maximum absolute atomic E-state index is 11.5. The summed E-state index contributed by atoms with van der Waals surface area (Å²) < 4.78 is 7.39. The van der Waals surface area contributed by atoms with Crippen molar-refractivity contribution in [1.82, 2.24) is 0 Å². The summed E-state index contributed by atoms with van der Waals surface area (Å²) in [5.74, 6) is -1.04. The van der Waals surface area contributed by atoms with E-state index in [0.29, 0.717) is 24.3 Å². The molecule has 3 aliphatic carbocycles. The molecular formula is C10H12O3. The van der Waals surface area contributed by atoms with Gasteiger partial charge in [0, 0.05) is 18.4 Å². The minimum atomic E-state index is -1.21. The van der Waals surface area contributed by atoms with E-state index in [1.165, 1.54) is 0 Å². The van der Waals surface area contributed by atoms with E-state index in [1.807, 2.05) is 0 Å². The van der Waals surface area contributed by atoms with Gasteiger partial charge in [0.25, 0.3) is 0 Å². The third kappa shape index (κ3) is 1.50. The van der Waals surface area contributed by atoms with E-state index < -0.39 is 5.97 Å². The quantitative estimate of drug-likeness (QED) is 0.622. The Balaban J connectivity index is 2.35. The zero-order chi connectivity index (χ0) is 10.3. The third-order valence-electron chi connectivity index (χ3n) is 2.94. The molecule has 0 amide bonds. The van der Waals surface area contributed by atoms with E-state index in [-0.39, 0.29) is 17.8 Å². The first-order valence-electron chi connectivity index (χ1n) is 5.05. The van der Waals surface area contributed by atoms with Gasteiger partial charge in [-0.15, -0.1) is 0 Å². The van der Waals surface area contributed by atoms with Crippen molar-refractivity contribution in [1.29, 1.82) is 0 Å². The summed E-state index contributed by atoms with van der Waals surface area (Å²) in [6.45, 7) is 0. The van der Waals surface area contributed by atoms with Crippen LogP contribution in [0.2, 0.25) is 0 Å². The number of aliphatic carboxylic acids is 1. The van der Waals surface area contributed by atoms with E-state index in [0.717, 1.165) is 12.8 Å². The van der Waals surface area contributed by atoms with Crippen LogP contribution in [0.15, 0.2) is 11.6 Å². The normalized spacial score (nSPS) is 37.2. The summed E-state index contributed by atoms with van der Waals surface area (Å²) in [6, 6.07) is -0.354. The van der Waals surface area contributed by atoms with Gasteiger partial charge in [-0.1, -0.05) is 5.57 Å². The van der Waals surface area contributed by atoms with Crippen molar-refractivity contribution >= 4 is 11.8 Å². The van der Waals surface area contributed by atoms with E-state index in [4.69, 9.17) is 6.48 Å². The summed E-state index contributed by atoms with van der Waals surface area (Å²) in [5, 5.41) is 8.69. The van der Waals surface area contributed by atoms with Crippen LogP contribution in [0.25, 0.3) is 0 Å². The minimum Gasteiger partial charge on any atom is -0.478 e. The van der Waals surface area contributed by atoms with Crippen molar-refractivity contribution in [3.63, 3.8) is 0 Å². The van der Waals surface area contributed by atoms with Crippen molar-refractivity contribution in [3.8, 4) is 0 Å². The molecule has 0 aliphatic heterocycles. The Labute approximate surface area is 77.8 Å². The standard InChI is InChI=1S/C10H12O3/c11-9-4-6-1-2-8(9)7(3-6)5-10(12)13/h5-6,8H,1-4H2,(H,12,13)/b7-5+/t6-,8+/m1/s1/i5D. The molecule has 3 saturated carbocycles. The third-order valence-corrected chi connectivity index (χ3v) is 2.94. The van der Waals surface area contributed by atoms with Crippen LogP contribution >= 0.6 is 0 Å². The second-order valence-electron chi connectivity index (χ2n) is 3.83. The number of carboxylic acids is 1. The smallest absolute Gasteiger partial charge is 0.328 e. The number of fused-ring (bicyclic) bond motifs is 3. The number of Topliss-reactive ketones (excluding diaryl/α,β-unsaturated/α-hetero) is 1. The first kappa shape index (κ1) is 7.30. The molecule has 0 aromatic carbocycles. The Morgan fingerprint density at radius 1 is 1.54 bits per heavy atom. The fourth-order valence-electron chi connectivity index (χ4n) is 2.36. The van der Waals surface area contributed by atoms with Crippen LogP contribution in [-0.2, 0) is 9.59 Å². The fraction of sp³-hybridized carbons (Fsp3) is 0.600. The largest absolute Gasteiger partial charge is 0.478 e. The molecule has 1 N–H and O–H groups in total. The Morgan fingerprint density at radius 2 is 2.31 bits per heavy atom. The van der Waals surface area contributed by atoms with E-state index in [1.54, 1.807) is 0 Å². The topological polar surface area (TPSA) is 54.4 Å². The van der Waals surface area contributed by atoms with Crippen molar-refractivity contribution in [3.05, 3.63) is 11.6 Å². The van der Waals surface area contributed by atoms with Gasteiger partial charge < -0.3 is 5.11 Å². The van der Waals surface area contributed by atoms with Gasteiger partial charge in [-0.25, -0.2) is 4.79 Å². The number of rotatable bonds is 1. The Bertz CT molecular complexity index is 332. The SMILES string of the molecule is [2H]/C(C(=O)O)=C1/C[C@H]2CC[C@@H]1C(=O)C2. The second-order valence-corrected chi connectivity index (χ2v) is 3.83. The van der Waals surface area contributed by atoms with Gasteiger partial charge in [0.15, 0.2) is 0 Å². The number of carboxylic acid groups (broad SMARTS) is 1. The van der Waals surface area contributed by atoms with Crippen molar-refractivity contribution in [2.75, 3.05) is 0 Å². The predicted octanol–water partition coefficient (Wildman–Crippen LogP) is 1.39. The number of hydrogen-bond donors (Lipinski definition) is 1. The zero-order valence-electron chi connectivity index (χ0n) is 8.25. The van der Waals surface area contributed by atoms with Crippen LogP contribution in [0, 0.1) is 11.8 Å². The Hall–Kier alpha value is -1.12. The van der Waals surface area contributed by atoms with Crippen molar-refractivity contribution < 1.29 is 16.1 Å². The molecule has 3 fully saturated rings. The van der Waals surface area contributed by atoms with E-state index >= 15 is 0 Å². The van der Waals surface area contributed by atoms with E-state index in [9.17, 15) is 9.59 Å². The second kappa shape index (κ2) is 2.98. The molecule has 0 aromatic heterocycles. The highest BCUT2D eigenvalue weighted by Crippen LogP contribution is 2.42. The van der Waals surface area contributed by atoms with Crippen LogP contribution < -0.4 is 0 Å². The van der Waals surface area contributed by atoms with Gasteiger partial charge in [-0.2, -0.15) is 0 Å². The highest BCUT2D eigenvalue weighted by atomic mass is 16.4. The van der Waals surface area contributed by atoms with Crippen LogP contribution in [-0.4, -0.2) is 16.9 Å². The monoisotopic (exact) mass is 181 g/mol. The summed E-state index contributed by atoms with van der Waals surface area (Å²) in [6.07, 6.45) is 2.98. The highest BCUT2D eigenvalue weighted by Gasteiger charge is 2.37. The molecule has 3 rings (SSSR count). The van der Waals surface area contributed by atoms with Crippen LogP contribution in [0.4, 0.5) is 0 Å². The molecular weight excluding hydrogens is 168 g/mol. The van der Waals surface area contributed by atoms with Gasteiger partial charge in [-0.05, 0) is 25.2 Å². The highest BCUT2D eigenvalue weighted by molar-refractivity contribution is 5.89. The lowest BCUT2D eigenvalue weighted by Gasteiger charge is -2.36. The minimum absolute atomic E-state index is 0.133. The Morgan fingerprint density at radius 3 is 2.85 bits per heavy atom. The molecule has 3 heteroatoms. The van der Waals surface area contributed by atoms with Gasteiger partial charge in [0.1, 0.15) is 5.78 Å². The van der Waals surface area contributed by atoms with Gasteiger partial charge >= 0.3 is 5.97 Å². The molecule has 0 unspecified atom stereocenters. The maximum atomic E-state index is 11.5. The summed E-state index contributed by atoms with van der Waals surface area (Å²) in [5.41, 5.74) is 0.560. The number of carbonyl (C=O) groups excluding carboxylic acids is 1. The molecule has 2 bridgehead atoms. The van der Waals surface area contributed by atoms with Crippen LogP contribution in [0.1, 0.15) is 27.1 Å². The number of ketones is 1. The average Bonchev–Trinajstić information content (AvgIpc) is 2.16. The van der Waals surface area contributed by atoms with Crippen molar-refractivity contribution in [2.24, 2.45) is 11.8 Å². The lowest BCUT2D eigenvalue weighted by Crippen LogP contribution is -2.33. The summed E-state index contributed by atoms with van der Waals surface area (Å²) >= 11 is 0. The molecule has 0 spiro atoms. The van der Waals surface area contributed by atoms with Gasteiger partial charge in [0.2, 0.25) is 0 Å². The maximum Gasteiger partial charge on any atom is 0.328 e. The van der Waals surface area contributed by atoms with Crippen LogP contribution in [0.3, 0.4) is 0 Å². The molecule has 13 heavy (non-hydrogen) atoms. The Kier molecular flexibility index (Phi) is 1.67. The number of allylic oxidation sites excluding steroid dienone is 1. The fourth-order valence-corrected chi connectivity index (χ4v) is 2.36.